The van der Waals surface area contributed by atoms with Gasteiger partial charge >= 0.3 is 6.16 Å². The Morgan fingerprint density at radius 2 is 1.69 bits per heavy atom. The third kappa shape index (κ3) is 22.9. The Bertz CT molecular complexity index is 254. The predicted molar refractivity (Wildman–Crippen MR) is 59.2 cm³/mol. The van der Waals surface area contributed by atoms with Crippen molar-refractivity contribution in [2.45, 2.75) is 43.9 Å². The molecule has 0 saturated carbocycles. The number of carboxylic acid groups (broad SMARTS) is 2. The number of hydrogen-bond donors (Lipinski definition) is 2. The third-order valence-corrected chi connectivity index (χ3v) is 1.95. The molecule has 16 heavy (non-hydrogen) atoms. The summed E-state index contributed by atoms with van der Waals surface area (Å²) < 4.78 is 0. The van der Waals surface area contributed by atoms with Crippen LogP contribution >= 0.6 is 11.6 Å². The molecular weight excluding hydrogens is 232 g/mol. The first-order valence-corrected chi connectivity index (χ1v) is 5.30. The Hall–Kier alpha value is -1.46. The largest absolute Gasteiger partial charge is 0.503 e. The molecule has 0 aliphatic rings. The second kappa shape index (κ2) is 13.5. The average molecular weight is 247 g/mol. The fourth-order valence-corrected chi connectivity index (χ4v) is 1.10. The lowest BCUT2D eigenvalue weighted by atomic mass is 10.1. The van der Waals surface area contributed by atoms with Crippen molar-refractivity contribution in [3.63, 3.8) is 0 Å². The van der Waals surface area contributed by atoms with E-state index in [-0.39, 0.29) is 5.38 Å². The van der Waals surface area contributed by atoms with Crippen LogP contribution in [-0.4, -0.2) is 21.7 Å². The normalized spacial score (nSPS) is 10.2. The van der Waals surface area contributed by atoms with Crippen molar-refractivity contribution in [2.75, 3.05) is 0 Å². The molecule has 0 rings (SSSR count). The molecule has 0 bridgehead atoms. The quantitative estimate of drug-likeness (QED) is 0.553. The van der Waals surface area contributed by atoms with Crippen molar-refractivity contribution in [2.24, 2.45) is 0 Å². The number of nitrogens with zero attached hydrogens (tertiary/aromatic N) is 2. The molecule has 0 radical (unpaired) electrons. The monoisotopic (exact) mass is 246 g/mol. The molecule has 0 aliphatic heterocycles. The first-order valence-electron chi connectivity index (χ1n) is 4.87. The standard InChI is InChI=1S/C9H13ClN2.CH2O3/c10-9(8-12)6-4-2-1-3-5-7-11;2-1(3)4/h9H,1-6H2;(H2,2,3,4). The zero-order valence-electron chi connectivity index (χ0n) is 8.90. The van der Waals surface area contributed by atoms with Gasteiger partial charge in [0, 0.05) is 6.42 Å². The molecule has 0 aromatic rings. The van der Waals surface area contributed by atoms with Gasteiger partial charge in [0.2, 0.25) is 0 Å². The molecule has 0 spiro atoms. The van der Waals surface area contributed by atoms with E-state index < -0.39 is 6.16 Å². The van der Waals surface area contributed by atoms with Crippen molar-refractivity contribution >= 4 is 17.8 Å². The topological polar surface area (TPSA) is 105 Å². The van der Waals surface area contributed by atoms with Gasteiger partial charge in [0.15, 0.2) is 0 Å². The van der Waals surface area contributed by atoms with Crippen LogP contribution in [0.5, 0.6) is 0 Å². The molecule has 1 unspecified atom stereocenters. The predicted octanol–water partition coefficient (Wildman–Crippen LogP) is 3.20. The zero-order chi connectivity index (χ0) is 12.8. The third-order valence-electron chi connectivity index (χ3n) is 1.64. The van der Waals surface area contributed by atoms with Crippen LogP contribution in [-0.2, 0) is 0 Å². The molecule has 0 aromatic heterocycles. The van der Waals surface area contributed by atoms with E-state index >= 15 is 0 Å². The van der Waals surface area contributed by atoms with Gasteiger partial charge in [0.05, 0.1) is 12.1 Å². The minimum Gasteiger partial charge on any atom is -0.450 e. The van der Waals surface area contributed by atoms with Crippen LogP contribution in [0.2, 0.25) is 0 Å². The summed E-state index contributed by atoms with van der Waals surface area (Å²) in [5, 5.41) is 30.2. The van der Waals surface area contributed by atoms with Crippen LogP contribution in [0.15, 0.2) is 0 Å². The van der Waals surface area contributed by atoms with Crippen LogP contribution in [0, 0.1) is 22.7 Å². The Morgan fingerprint density at radius 1 is 1.19 bits per heavy atom. The van der Waals surface area contributed by atoms with Gasteiger partial charge in [-0.15, -0.1) is 11.6 Å². The zero-order valence-corrected chi connectivity index (χ0v) is 9.65. The van der Waals surface area contributed by atoms with E-state index in [1.165, 1.54) is 0 Å². The molecule has 90 valence electrons. The Kier molecular flexibility index (Phi) is 14.3. The highest BCUT2D eigenvalue weighted by Crippen LogP contribution is 2.09. The second-order valence-electron chi connectivity index (χ2n) is 2.99. The lowest BCUT2D eigenvalue weighted by molar-refractivity contribution is 0.137. The molecule has 0 heterocycles. The number of halogens is 1. The van der Waals surface area contributed by atoms with Crippen molar-refractivity contribution in [1.82, 2.24) is 0 Å². The van der Waals surface area contributed by atoms with Gasteiger partial charge in [-0.3, -0.25) is 0 Å². The molecule has 6 heteroatoms. The van der Waals surface area contributed by atoms with Crippen LogP contribution in [0.4, 0.5) is 4.79 Å². The number of hydrogen-bond acceptors (Lipinski definition) is 3. The molecule has 0 saturated heterocycles. The van der Waals surface area contributed by atoms with Crippen LogP contribution in [0.25, 0.3) is 0 Å². The smallest absolute Gasteiger partial charge is 0.450 e. The maximum Gasteiger partial charge on any atom is 0.503 e. The number of carbonyl (C=O) groups is 1. The fourth-order valence-electron chi connectivity index (χ4n) is 0.946. The van der Waals surface area contributed by atoms with Crippen molar-refractivity contribution in [1.29, 1.82) is 10.5 Å². The number of unbranched alkanes of at least 4 members (excludes halogenated alkanes) is 4. The molecule has 0 fully saturated rings. The Balaban J connectivity index is 0. The van der Waals surface area contributed by atoms with Crippen LogP contribution < -0.4 is 0 Å². The van der Waals surface area contributed by atoms with Crippen molar-refractivity contribution < 1.29 is 15.0 Å². The highest BCUT2D eigenvalue weighted by atomic mass is 35.5. The van der Waals surface area contributed by atoms with Crippen molar-refractivity contribution in [3.8, 4) is 12.1 Å². The summed E-state index contributed by atoms with van der Waals surface area (Å²) in [4.78, 5) is 8.56. The molecule has 0 amide bonds. The molecule has 2 N–H and O–H groups in total. The number of nitriles is 2. The van der Waals surface area contributed by atoms with E-state index in [4.69, 9.17) is 37.1 Å². The van der Waals surface area contributed by atoms with Gasteiger partial charge in [-0.1, -0.05) is 19.3 Å². The summed E-state index contributed by atoms with van der Waals surface area (Å²) in [7, 11) is 0. The lowest BCUT2D eigenvalue weighted by Crippen LogP contribution is -1.92. The summed E-state index contributed by atoms with van der Waals surface area (Å²) in [5.41, 5.74) is 0. The summed E-state index contributed by atoms with van der Waals surface area (Å²) in [5.74, 6) is 0. The van der Waals surface area contributed by atoms with Crippen LogP contribution in [0.1, 0.15) is 38.5 Å². The molecule has 0 aliphatic carbocycles. The van der Waals surface area contributed by atoms with Crippen LogP contribution in [0.3, 0.4) is 0 Å². The van der Waals surface area contributed by atoms with Gasteiger partial charge in [0.25, 0.3) is 0 Å². The number of rotatable bonds is 6. The SMILES string of the molecule is N#CCCCCCCC(Cl)C#N.O=C(O)O. The molecule has 5 nitrogen and oxygen atoms in total. The van der Waals surface area contributed by atoms with Gasteiger partial charge < -0.3 is 10.2 Å². The maximum atomic E-state index is 8.56. The highest BCUT2D eigenvalue weighted by molar-refractivity contribution is 6.22. The molecule has 1 atom stereocenters. The van der Waals surface area contributed by atoms with E-state index in [1.807, 2.05) is 6.07 Å². The van der Waals surface area contributed by atoms with Gasteiger partial charge in [-0.2, -0.15) is 10.5 Å². The van der Waals surface area contributed by atoms with Gasteiger partial charge in [-0.25, -0.2) is 4.79 Å². The Morgan fingerprint density at radius 3 is 2.12 bits per heavy atom. The fraction of sp³-hybridized carbons (Fsp3) is 0.700. The minimum absolute atomic E-state index is 0.332. The number of alkyl halides is 1. The summed E-state index contributed by atoms with van der Waals surface area (Å²) in [6.45, 7) is 0. The summed E-state index contributed by atoms with van der Waals surface area (Å²) in [6.07, 6.45) is 3.69. The van der Waals surface area contributed by atoms with E-state index in [2.05, 4.69) is 6.07 Å². The highest BCUT2D eigenvalue weighted by Gasteiger charge is 2.00. The first kappa shape index (κ1) is 17.0. The van der Waals surface area contributed by atoms with E-state index in [0.717, 1.165) is 32.1 Å². The summed E-state index contributed by atoms with van der Waals surface area (Å²) in [6, 6.07) is 4.08. The maximum absolute atomic E-state index is 8.56. The first-order chi connectivity index (χ1) is 7.54. The Labute approximate surface area is 99.9 Å². The van der Waals surface area contributed by atoms with Crippen molar-refractivity contribution in [3.05, 3.63) is 0 Å². The minimum atomic E-state index is -1.83. The van der Waals surface area contributed by atoms with Gasteiger partial charge in [-0.05, 0) is 12.8 Å². The van der Waals surface area contributed by atoms with E-state index in [9.17, 15) is 0 Å². The van der Waals surface area contributed by atoms with Gasteiger partial charge in [0.1, 0.15) is 5.38 Å². The second-order valence-corrected chi connectivity index (χ2v) is 3.52. The average Bonchev–Trinajstić information content (AvgIpc) is 2.22. The van der Waals surface area contributed by atoms with E-state index in [1.54, 1.807) is 0 Å². The molecule has 0 aromatic carbocycles. The molecular formula is C10H15ClN2O3. The van der Waals surface area contributed by atoms with E-state index in [0.29, 0.717) is 6.42 Å². The summed E-state index contributed by atoms with van der Waals surface area (Å²) >= 11 is 5.59. The lowest BCUT2D eigenvalue weighted by Gasteiger charge is -1.99.